The van der Waals surface area contributed by atoms with E-state index in [1.807, 2.05) is 0 Å². The highest BCUT2D eigenvalue weighted by Crippen LogP contribution is 2.04. The Hall–Kier alpha value is -1.65. The zero-order valence-electron chi connectivity index (χ0n) is 7.79. The molecule has 0 aliphatic heterocycles. The first kappa shape index (κ1) is 11.4. The van der Waals surface area contributed by atoms with Crippen molar-refractivity contribution in [1.82, 2.24) is 4.90 Å². The number of imide groups is 1. The van der Waals surface area contributed by atoms with E-state index in [1.165, 1.54) is 0 Å². The first-order chi connectivity index (χ1) is 5.91. The number of carbonyl (C=O) groups excluding carboxylic acids is 3. The Labute approximate surface area is 76.0 Å². The molecule has 13 heavy (non-hydrogen) atoms. The first-order valence-corrected chi connectivity index (χ1v) is 3.50. The summed E-state index contributed by atoms with van der Waals surface area (Å²) in [6.45, 7) is 5.60. The molecule has 0 heterocycles. The zero-order chi connectivity index (χ0) is 10.6. The van der Waals surface area contributed by atoms with E-state index in [9.17, 15) is 14.4 Å². The molecule has 0 spiro atoms. The Kier molecular flexibility index (Phi) is 3.84. The Morgan fingerprint density at radius 3 is 1.77 bits per heavy atom. The maximum Gasteiger partial charge on any atom is 0.354 e. The van der Waals surface area contributed by atoms with Crippen LogP contribution >= 0.6 is 0 Å². The van der Waals surface area contributed by atoms with Gasteiger partial charge in [0.1, 0.15) is 5.70 Å². The van der Waals surface area contributed by atoms with Crippen LogP contribution < -0.4 is 0 Å². The molecule has 0 aromatic carbocycles. The SMILES string of the molecule is C=C(C(=O)OC)N(C(C)=O)C(C)=O. The van der Waals surface area contributed by atoms with Gasteiger partial charge in [-0.05, 0) is 0 Å². The highest BCUT2D eigenvalue weighted by molar-refractivity contribution is 6.03. The van der Waals surface area contributed by atoms with Gasteiger partial charge < -0.3 is 4.74 Å². The lowest BCUT2D eigenvalue weighted by Gasteiger charge is -2.16. The van der Waals surface area contributed by atoms with Crippen molar-refractivity contribution in [3.63, 3.8) is 0 Å². The van der Waals surface area contributed by atoms with Gasteiger partial charge in [-0.25, -0.2) is 9.69 Å². The second kappa shape index (κ2) is 4.39. The largest absolute Gasteiger partial charge is 0.464 e. The lowest BCUT2D eigenvalue weighted by atomic mass is 10.4. The summed E-state index contributed by atoms with van der Waals surface area (Å²) in [4.78, 5) is 33.3. The van der Waals surface area contributed by atoms with Crippen molar-refractivity contribution < 1.29 is 19.1 Å². The van der Waals surface area contributed by atoms with Gasteiger partial charge in [0, 0.05) is 13.8 Å². The third-order valence-electron chi connectivity index (χ3n) is 1.32. The number of rotatable bonds is 2. The molecule has 0 radical (unpaired) electrons. The number of methoxy groups -OCH3 is 1. The van der Waals surface area contributed by atoms with Crippen LogP contribution in [0.1, 0.15) is 13.8 Å². The fraction of sp³-hybridized carbons (Fsp3) is 0.375. The van der Waals surface area contributed by atoms with E-state index < -0.39 is 17.8 Å². The number of esters is 1. The normalized spacial score (nSPS) is 8.85. The molecule has 0 aromatic heterocycles. The predicted molar refractivity (Wildman–Crippen MR) is 44.4 cm³/mol. The van der Waals surface area contributed by atoms with Gasteiger partial charge in [0.25, 0.3) is 0 Å². The minimum Gasteiger partial charge on any atom is -0.464 e. The summed E-state index contributed by atoms with van der Waals surface area (Å²) in [6, 6.07) is 0. The van der Waals surface area contributed by atoms with Crippen molar-refractivity contribution >= 4 is 17.8 Å². The van der Waals surface area contributed by atoms with Crippen molar-refractivity contribution in [2.45, 2.75) is 13.8 Å². The van der Waals surface area contributed by atoms with E-state index in [4.69, 9.17) is 0 Å². The zero-order valence-corrected chi connectivity index (χ0v) is 7.79. The van der Waals surface area contributed by atoms with E-state index in [0.717, 1.165) is 21.0 Å². The molecule has 0 atom stereocenters. The molecule has 0 rings (SSSR count). The smallest absolute Gasteiger partial charge is 0.354 e. The van der Waals surface area contributed by atoms with E-state index in [-0.39, 0.29) is 5.70 Å². The van der Waals surface area contributed by atoms with E-state index in [1.54, 1.807) is 0 Å². The van der Waals surface area contributed by atoms with Crippen molar-refractivity contribution in [1.29, 1.82) is 0 Å². The van der Waals surface area contributed by atoms with Crippen LogP contribution in [0.5, 0.6) is 0 Å². The van der Waals surface area contributed by atoms with Crippen LogP contribution in [0, 0.1) is 0 Å². The summed E-state index contributed by atoms with van der Waals surface area (Å²) in [5, 5.41) is 0. The van der Waals surface area contributed by atoms with Crippen LogP contribution in [-0.2, 0) is 19.1 Å². The van der Waals surface area contributed by atoms with Gasteiger partial charge in [-0.2, -0.15) is 0 Å². The highest BCUT2D eigenvalue weighted by Gasteiger charge is 2.22. The number of ether oxygens (including phenoxy) is 1. The second-order valence-corrected chi connectivity index (χ2v) is 2.31. The average molecular weight is 185 g/mol. The van der Waals surface area contributed by atoms with Crippen molar-refractivity contribution in [3.05, 3.63) is 12.3 Å². The van der Waals surface area contributed by atoms with Gasteiger partial charge in [0.2, 0.25) is 11.8 Å². The molecule has 5 nitrogen and oxygen atoms in total. The molecule has 5 heteroatoms. The predicted octanol–water partition coefficient (Wildman–Crippen LogP) is 0.0681. The second-order valence-electron chi connectivity index (χ2n) is 2.31. The average Bonchev–Trinajstić information content (AvgIpc) is 2.01. The first-order valence-electron chi connectivity index (χ1n) is 3.50. The van der Waals surface area contributed by atoms with Crippen molar-refractivity contribution in [2.75, 3.05) is 7.11 Å². The summed E-state index contributed by atoms with van der Waals surface area (Å²) in [6.07, 6.45) is 0. The van der Waals surface area contributed by atoms with Gasteiger partial charge >= 0.3 is 5.97 Å². The molecule has 2 amide bonds. The molecule has 0 saturated heterocycles. The van der Waals surface area contributed by atoms with Gasteiger partial charge in [0.05, 0.1) is 7.11 Å². The van der Waals surface area contributed by atoms with Gasteiger partial charge in [0.15, 0.2) is 0 Å². The molecule has 0 unspecified atom stereocenters. The fourth-order valence-electron chi connectivity index (χ4n) is 0.811. The van der Waals surface area contributed by atoms with Crippen LogP contribution in [0.3, 0.4) is 0 Å². The Morgan fingerprint density at radius 1 is 1.15 bits per heavy atom. The maximum absolute atomic E-state index is 10.9. The number of amides is 2. The third kappa shape index (κ3) is 2.70. The van der Waals surface area contributed by atoms with Crippen LogP contribution in [0.4, 0.5) is 0 Å². The van der Waals surface area contributed by atoms with Crippen molar-refractivity contribution in [3.8, 4) is 0 Å². The molecule has 0 aromatic rings. The summed E-state index contributed by atoms with van der Waals surface area (Å²) in [5.74, 6) is -1.93. The quantitative estimate of drug-likeness (QED) is 0.451. The molecule has 0 aliphatic carbocycles. The Balaban J connectivity index is 4.77. The number of nitrogens with zero attached hydrogens (tertiary/aromatic N) is 1. The lowest BCUT2D eigenvalue weighted by molar-refractivity contribution is -0.147. The molecule has 72 valence electrons. The Morgan fingerprint density at radius 2 is 1.54 bits per heavy atom. The number of carbonyl (C=O) groups is 3. The molecular weight excluding hydrogens is 174 g/mol. The van der Waals surface area contributed by atoms with E-state index in [2.05, 4.69) is 11.3 Å². The molecular formula is C8H11NO4. The fourth-order valence-corrected chi connectivity index (χ4v) is 0.811. The minimum absolute atomic E-state index is 0.275. The lowest BCUT2D eigenvalue weighted by Crippen LogP contribution is -2.35. The Bertz CT molecular complexity index is 255. The topological polar surface area (TPSA) is 63.7 Å². The summed E-state index contributed by atoms with van der Waals surface area (Å²) >= 11 is 0. The van der Waals surface area contributed by atoms with Crippen LogP contribution in [0.15, 0.2) is 12.3 Å². The molecule has 0 saturated carbocycles. The summed E-state index contributed by atoms with van der Waals surface area (Å²) < 4.78 is 4.31. The van der Waals surface area contributed by atoms with E-state index >= 15 is 0 Å². The van der Waals surface area contributed by atoms with Crippen LogP contribution in [0.2, 0.25) is 0 Å². The van der Waals surface area contributed by atoms with Crippen LogP contribution in [0.25, 0.3) is 0 Å². The number of hydrogen-bond donors (Lipinski definition) is 0. The monoisotopic (exact) mass is 185 g/mol. The molecule has 0 aliphatic rings. The molecule has 0 N–H and O–H groups in total. The van der Waals surface area contributed by atoms with E-state index in [0.29, 0.717) is 4.90 Å². The minimum atomic E-state index is -0.801. The standard InChI is InChI=1S/C8H11NO4/c1-5(8(12)13-4)9(6(2)10)7(3)11/h1H2,2-4H3. The van der Waals surface area contributed by atoms with Crippen molar-refractivity contribution in [2.24, 2.45) is 0 Å². The highest BCUT2D eigenvalue weighted by atomic mass is 16.5. The van der Waals surface area contributed by atoms with Gasteiger partial charge in [-0.15, -0.1) is 0 Å². The maximum atomic E-state index is 10.9. The number of hydrogen-bond acceptors (Lipinski definition) is 4. The van der Waals surface area contributed by atoms with Gasteiger partial charge in [-0.3, -0.25) is 9.59 Å². The third-order valence-corrected chi connectivity index (χ3v) is 1.32. The summed E-state index contributed by atoms with van der Waals surface area (Å²) in [5.41, 5.74) is -0.275. The molecule has 0 fully saturated rings. The molecule has 0 bridgehead atoms. The van der Waals surface area contributed by atoms with Crippen LogP contribution in [-0.4, -0.2) is 29.8 Å². The van der Waals surface area contributed by atoms with Gasteiger partial charge in [-0.1, -0.05) is 6.58 Å². The summed E-state index contributed by atoms with van der Waals surface area (Å²) in [7, 11) is 1.14.